The first-order valence-electron chi connectivity index (χ1n) is 5.50. The zero-order chi connectivity index (χ0) is 12.0. The largest absolute Gasteiger partial charge is 0.544 e. The predicted molar refractivity (Wildman–Crippen MR) is 59.4 cm³/mol. The van der Waals surface area contributed by atoms with E-state index in [-0.39, 0.29) is 5.91 Å². The van der Waals surface area contributed by atoms with Gasteiger partial charge in [0.2, 0.25) is 5.91 Å². The molecule has 0 heterocycles. The highest BCUT2D eigenvalue weighted by Gasteiger charge is 2.17. The molecule has 1 aliphatic rings. The smallest absolute Gasteiger partial charge is 0.230 e. The topological polar surface area (TPSA) is 96.9 Å². The second-order valence-electron chi connectivity index (χ2n) is 4.08. The molecular formula is C10H18N2O3S. The minimum atomic E-state index is -1.16. The van der Waals surface area contributed by atoms with Gasteiger partial charge in [-0.1, -0.05) is 12.8 Å². The van der Waals surface area contributed by atoms with Gasteiger partial charge in [-0.25, -0.2) is 0 Å². The van der Waals surface area contributed by atoms with E-state index in [0.717, 1.165) is 12.8 Å². The minimum Gasteiger partial charge on any atom is -0.544 e. The summed E-state index contributed by atoms with van der Waals surface area (Å²) in [5, 5.41) is 13.3. The van der Waals surface area contributed by atoms with Crippen LogP contribution in [0.4, 0.5) is 0 Å². The lowest BCUT2D eigenvalue weighted by molar-refractivity contribution is -0.431. The summed E-state index contributed by atoms with van der Waals surface area (Å²) in [6.07, 6.45) is 4.49. The molecule has 1 rings (SSSR count). The highest BCUT2D eigenvalue weighted by atomic mass is 32.2. The van der Waals surface area contributed by atoms with Crippen molar-refractivity contribution in [2.24, 2.45) is 0 Å². The lowest BCUT2D eigenvalue weighted by Gasteiger charge is -2.12. The second-order valence-corrected chi connectivity index (χ2v) is 5.11. The third-order valence-corrected chi connectivity index (χ3v) is 3.71. The standard InChI is InChI=1S/C10H18N2O3S/c11-8(10(14)15)5-16-6-9(13)12-7-3-1-2-4-7/h7-8H,1-6,11H2,(H,12,13)(H,14,15)/t8-/m0/s1. The number of carboxylic acid groups (broad SMARTS) is 1. The van der Waals surface area contributed by atoms with Gasteiger partial charge in [-0.3, -0.25) is 4.79 Å². The number of hydrogen-bond donors (Lipinski definition) is 2. The Morgan fingerprint density at radius 2 is 2.06 bits per heavy atom. The molecule has 1 aliphatic carbocycles. The Bertz CT molecular complexity index is 254. The van der Waals surface area contributed by atoms with Crippen molar-refractivity contribution in [3.8, 4) is 0 Å². The molecular weight excluding hydrogens is 228 g/mol. The molecule has 92 valence electrons. The van der Waals surface area contributed by atoms with E-state index in [1.54, 1.807) is 0 Å². The third kappa shape index (κ3) is 4.85. The summed E-state index contributed by atoms with van der Waals surface area (Å²) in [5.41, 5.74) is 3.42. The maximum absolute atomic E-state index is 11.4. The number of thioether (sulfide) groups is 1. The first kappa shape index (κ1) is 13.3. The molecule has 0 aromatic rings. The Morgan fingerprint density at radius 3 is 2.62 bits per heavy atom. The fraction of sp³-hybridized carbons (Fsp3) is 0.800. The Kier molecular flexibility index (Phi) is 5.62. The van der Waals surface area contributed by atoms with Crippen LogP contribution >= 0.6 is 11.8 Å². The van der Waals surface area contributed by atoms with Crippen LogP contribution in [0.1, 0.15) is 25.7 Å². The van der Waals surface area contributed by atoms with Gasteiger partial charge in [0.25, 0.3) is 0 Å². The Hall–Kier alpha value is -0.750. The van der Waals surface area contributed by atoms with Crippen molar-refractivity contribution in [1.29, 1.82) is 0 Å². The van der Waals surface area contributed by atoms with Crippen molar-refractivity contribution in [2.45, 2.75) is 37.8 Å². The molecule has 0 aromatic heterocycles. The molecule has 0 aromatic carbocycles. The highest BCUT2D eigenvalue weighted by molar-refractivity contribution is 8.00. The fourth-order valence-corrected chi connectivity index (χ4v) is 2.51. The van der Waals surface area contributed by atoms with Crippen LogP contribution in [0.3, 0.4) is 0 Å². The molecule has 1 saturated carbocycles. The molecule has 0 aliphatic heterocycles. The lowest BCUT2D eigenvalue weighted by atomic mass is 10.2. The Morgan fingerprint density at radius 1 is 1.44 bits per heavy atom. The van der Waals surface area contributed by atoms with E-state index in [2.05, 4.69) is 11.1 Å². The molecule has 0 unspecified atom stereocenters. The van der Waals surface area contributed by atoms with Crippen molar-refractivity contribution in [3.63, 3.8) is 0 Å². The van der Waals surface area contributed by atoms with Gasteiger partial charge >= 0.3 is 0 Å². The number of nitrogens with one attached hydrogen (secondary N) is 1. The van der Waals surface area contributed by atoms with E-state index in [4.69, 9.17) is 0 Å². The van der Waals surface area contributed by atoms with Crippen LogP contribution < -0.4 is 16.2 Å². The van der Waals surface area contributed by atoms with Gasteiger partial charge in [0.1, 0.15) is 6.04 Å². The van der Waals surface area contributed by atoms with Gasteiger partial charge in [0.05, 0.1) is 17.5 Å². The van der Waals surface area contributed by atoms with E-state index < -0.39 is 12.0 Å². The number of carbonyl (C=O) groups is 2. The van der Waals surface area contributed by atoms with Crippen molar-refractivity contribution in [3.05, 3.63) is 0 Å². The molecule has 0 bridgehead atoms. The first-order chi connectivity index (χ1) is 7.59. The molecule has 0 saturated heterocycles. The number of carboxylic acids is 1. The third-order valence-electron chi connectivity index (χ3n) is 2.61. The zero-order valence-electron chi connectivity index (χ0n) is 9.24. The molecule has 1 fully saturated rings. The van der Waals surface area contributed by atoms with Crippen LogP contribution in [-0.4, -0.2) is 35.5 Å². The van der Waals surface area contributed by atoms with Crippen LogP contribution in [0.15, 0.2) is 0 Å². The van der Waals surface area contributed by atoms with Crippen LogP contribution in [0.5, 0.6) is 0 Å². The summed E-state index contributed by atoms with van der Waals surface area (Å²) in [6.45, 7) is 0. The number of aliphatic carboxylic acids is 1. The quantitative estimate of drug-likeness (QED) is 0.574. The number of amides is 1. The maximum atomic E-state index is 11.4. The van der Waals surface area contributed by atoms with Crippen LogP contribution in [0, 0.1) is 0 Å². The second kappa shape index (κ2) is 6.75. The van der Waals surface area contributed by atoms with Crippen molar-refractivity contribution >= 4 is 23.6 Å². The maximum Gasteiger partial charge on any atom is 0.230 e. The number of rotatable bonds is 6. The van der Waals surface area contributed by atoms with Crippen molar-refractivity contribution in [2.75, 3.05) is 11.5 Å². The van der Waals surface area contributed by atoms with Gasteiger partial charge in [0, 0.05) is 6.04 Å². The summed E-state index contributed by atoms with van der Waals surface area (Å²) >= 11 is 1.29. The van der Waals surface area contributed by atoms with Gasteiger partial charge in [-0.15, -0.1) is 11.8 Å². The monoisotopic (exact) mass is 246 g/mol. The summed E-state index contributed by atoms with van der Waals surface area (Å²) in [7, 11) is 0. The summed E-state index contributed by atoms with van der Waals surface area (Å²) < 4.78 is 0. The molecule has 0 radical (unpaired) electrons. The number of quaternary nitrogens is 1. The van der Waals surface area contributed by atoms with Gasteiger partial charge in [0.15, 0.2) is 0 Å². The van der Waals surface area contributed by atoms with E-state index in [1.165, 1.54) is 24.6 Å². The predicted octanol–water partition coefficient (Wildman–Crippen LogP) is -1.86. The molecule has 1 amide bonds. The zero-order valence-corrected chi connectivity index (χ0v) is 10.1. The van der Waals surface area contributed by atoms with Gasteiger partial charge in [-0.05, 0) is 12.8 Å². The molecule has 4 N–H and O–H groups in total. The molecule has 6 heteroatoms. The minimum absolute atomic E-state index is 0.0116. The Labute approximate surface area is 99.1 Å². The van der Waals surface area contributed by atoms with Crippen LogP contribution in [0.2, 0.25) is 0 Å². The van der Waals surface area contributed by atoms with Crippen molar-refractivity contribution < 1.29 is 20.4 Å². The van der Waals surface area contributed by atoms with E-state index in [1.807, 2.05) is 0 Å². The lowest BCUT2D eigenvalue weighted by Crippen LogP contribution is -2.69. The van der Waals surface area contributed by atoms with Gasteiger partial charge < -0.3 is 21.0 Å². The highest BCUT2D eigenvalue weighted by Crippen LogP contribution is 2.17. The van der Waals surface area contributed by atoms with Crippen molar-refractivity contribution in [1.82, 2.24) is 5.32 Å². The summed E-state index contributed by atoms with van der Waals surface area (Å²) in [5.74, 6) is -0.554. The summed E-state index contributed by atoms with van der Waals surface area (Å²) in [4.78, 5) is 21.8. The summed E-state index contributed by atoms with van der Waals surface area (Å²) in [6, 6.07) is -0.422. The molecule has 5 nitrogen and oxygen atoms in total. The normalized spacial score (nSPS) is 18.3. The van der Waals surface area contributed by atoms with Crippen LogP contribution in [-0.2, 0) is 9.59 Å². The molecule has 0 spiro atoms. The SMILES string of the molecule is [NH3+][C@@H](CSCC(=O)NC1CCCC1)C(=O)[O-]. The number of hydrogen-bond acceptors (Lipinski definition) is 4. The fourth-order valence-electron chi connectivity index (χ4n) is 1.70. The first-order valence-corrected chi connectivity index (χ1v) is 6.66. The Balaban J connectivity index is 2.08. The van der Waals surface area contributed by atoms with Crippen LogP contribution in [0.25, 0.3) is 0 Å². The van der Waals surface area contributed by atoms with Gasteiger partial charge in [-0.2, -0.15) is 0 Å². The van der Waals surface area contributed by atoms with E-state index >= 15 is 0 Å². The number of carbonyl (C=O) groups excluding carboxylic acids is 2. The average Bonchev–Trinajstić information content (AvgIpc) is 2.70. The van der Waals surface area contributed by atoms with E-state index in [0.29, 0.717) is 17.5 Å². The van der Waals surface area contributed by atoms with E-state index in [9.17, 15) is 14.7 Å². The average molecular weight is 246 g/mol. The molecule has 16 heavy (non-hydrogen) atoms. The molecule has 1 atom stereocenters.